The molecule has 1 amide bonds. The summed E-state index contributed by atoms with van der Waals surface area (Å²) in [6, 6.07) is 0. The molecule has 2 heterocycles. The van der Waals surface area contributed by atoms with Gasteiger partial charge in [-0.15, -0.1) is 0 Å². The molecule has 2 aliphatic rings. The highest BCUT2D eigenvalue weighted by atomic mass is 16.5. The van der Waals surface area contributed by atoms with E-state index in [9.17, 15) is 4.79 Å². The van der Waals surface area contributed by atoms with Crippen LogP contribution >= 0.6 is 0 Å². The molecule has 0 radical (unpaired) electrons. The summed E-state index contributed by atoms with van der Waals surface area (Å²) in [6.45, 7) is 7.03. The summed E-state index contributed by atoms with van der Waals surface area (Å²) >= 11 is 0. The lowest BCUT2D eigenvalue weighted by Gasteiger charge is -2.40. The number of rotatable bonds is 2. The fourth-order valence-electron chi connectivity index (χ4n) is 2.73. The molecule has 0 saturated carbocycles. The molecular weight excluding hydrogens is 204 g/mol. The Bertz CT molecular complexity index is 243. The van der Waals surface area contributed by atoms with Crippen molar-refractivity contribution in [2.75, 3.05) is 39.4 Å². The van der Waals surface area contributed by atoms with E-state index in [1.165, 1.54) is 0 Å². The predicted octanol–water partition coefficient (Wildman–Crippen LogP) is 0.625. The third kappa shape index (κ3) is 2.23. The van der Waals surface area contributed by atoms with Gasteiger partial charge in [-0.25, -0.2) is 0 Å². The first-order valence-electron chi connectivity index (χ1n) is 6.36. The maximum Gasteiger partial charge on any atom is 0.229 e. The number of carbonyl (C=O) groups is 1. The molecule has 0 aromatic heterocycles. The molecular formula is C12H22N2O2. The minimum Gasteiger partial charge on any atom is -0.378 e. The minimum absolute atomic E-state index is 0.0947. The number of ether oxygens (including phenoxy) is 1. The summed E-state index contributed by atoms with van der Waals surface area (Å²) < 4.78 is 5.30. The van der Waals surface area contributed by atoms with Crippen molar-refractivity contribution in [3.05, 3.63) is 0 Å². The van der Waals surface area contributed by atoms with Crippen LogP contribution in [-0.4, -0.2) is 50.2 Å². The monoisotopic (exact) mass is 226 g/mol. The molecule has 0 spiro atoms. The zero-order valence-electron chi connectivity index (χ0n) is 10.1. The first-order chi connectivity index (χ1) is 7.78. The van der Waals surface area contributed by atoms with Gasteiger partial charge in [-0.1, -0.05) is 6.92 Å². The molecule has 0 bridgehead atoms. The van der Waals surface area contributed by atoms with Crippen molar-refractivity contribution in [2.45, 2.75) is 26.2 Å². The van der Waals surface area contributed by atoms with Crippen molar-refractivity contribution in [2.24, 2.45) is 5.41 Å². The molecule has 2 saturated heterocycles. The van der Waals surface area contributed by atoms with E-state index in [4.69, 9.17) is 4.74 Å². The number of amides is 1. The van der Waals surface area contributed by atoms with E-state index in [-0.39, 0.29) is 5.41 Å². The van der Waals surface area contributed by atoms with E-state index < -0.39 is 0 Å². The normalized spacial score (nSPS) is 25.4. The molecule has 16 heavy (non-hydrogen) atoms. The van der Waals surface area contributed by atoms with Gasteiger partial charge in [-0.2, -0.15) is 0 Å². The summed E-state index contributed by atoms with van der Waals surface area (Å²) in [5.41, 5.74) is -0.0947. The second kappa shape index (κ2) is 5.15. The topological polar surface area (TPSA) is 41.6 Å². The largest absolute Gasteiger partial charge is 0.378 e. The molecule has 2 rings (SSSR count). The number of hydrogen-bond acceptors (Lipinski definition) is 3. The molecule has 92 valence electrons. The molecule has 2 aliphatic heterocycles. The molecule has 2 fully saturated rings. The van der Waals surface area contributed by atoms with E-state index >= 15 is 0 Å². The maximum atomic E-state index is 12.5. The Morgan fingerprint density at radius 3 is 2.50 bits per heavy atom. The van der Waals surface area contributed by atoms with Crippen LogP contribution in [0.25, 0.3) is 0 Å². The lowest BCUT2D eigenvalue weighted by atomic mass is 9.75. The van der Waals surface area contributed by atoms with E-state index in [0.29, 0.717) is 19.1 Å². The van der Waals surface area contributed by atoms with Crippen LogP contribution in [0.15, 0.2) is 0 Å². The second-order valence-corrected chi connectivity index (χ2v) is 4.79. The molecule has 0 aromatic rings. The van der Waals surface area contributed by atoms with Gasteiger partial charge in [0.15, 0.2) is 0 Å². The first kappa shape index (κ1) is 11.9. The SMILES string of the molecule is CCC1(C(=O)N2CCOCC2)CCNCC1. The van der Waals surface area contributed by atoms with Crippen molar-refractivity contribution in [1.82, 2.24) is 10.2 Å². The Labute approximate surface area is 97.3 Å². The highest BCUT2D eigenvalue weighted by Gasteiger charge is 2.40. The minimum atomic E-state index is -0.0947. The van der Waals surface area contributed by atoms with Crippen molar-refractivity contribution < 1.29 is 9.53 Å². The Morgan fingerprint density at radius 1 is 1.31 bits per heavy atom. The fraction of sp³-hybridized carbons (Fsp3) is 0.917. The highest BCUT2D eigenvalue weighted by molar-refractivity contribution is 5.83. The number of nitrogens with zero attached hydrogens (tertiary/aromatic N) is 1. The van der Waals surface area contributed by atoms with Gasteiger partial charge in [-0.3, -0.25) is 4.79 Å². The average molecular weight is 226 g/mol. The Balaban J connectivity index is 2.04. The molecule has 0 aromatic carbocycles. The summed E-state index contributed by atoms with van der Waals surface area (Å²) in [5.74, 6) is 0.361. The van der Waals surface area contributed by atoms with Gasteiger partial charge in [-0.05, 0) is 32.4 Å². The summed E-state index contributed by atoms with van der Waals surface area (Å²) in [4.78, 5) is 14.5. The van der Waals surface area contributed by atoms with Gasteiger partial charge >= 0.3 is 0 Å². The number of nitrogens with one attached hydrogen (secondary N) is 1. The van der Waals surface area contributed by atoms with E-state index in [1.54, 1.807) is 0 Å². The van der Waals surface area contributed by atoms with Crippen LogP contribution < -0.4 is 5.32 Å². The first-order valence-corrected chi connectivity index (χ1v) is 6.36. The van der Waals surface area contributed by atoms with Crippen LogP contribution in [-0.2, 0) is 9.53 Å². The summed E-state index contributed by atoms with van der Waals surface area (Å²) in [5, 5.41) is 3.34. The van der Waals surface area contributed by atoms with Crippen LogP contribution in [0, 0.1) is 5.41 Å². The van der Waals surface area contributed by atoms with E-state index in [2.05, 4.69) is 12.2 Å². The van der Waals surface area contributed by atoms with Gasteiger partial charge < -0.3 is 15.0 Å². The van der Waals surface area contributed by atoms with E-state index in [1.807, 2.05) is 4.90 Å². The lowest BCUT2D eigenvalue weighted by Crippen LogP contribution is -2.52. The van der Waals surface area contributed by atoms with Gasteiger partial charge in [0.2, 0.25) is 5.91 Å². The van der Waals surface area contributed by atoms with Crippen LogP contribution in [0.1, 0.15) is 26.2 Å². The fourth-order valence-corrected chi connectivity index (χ4v) is 2.73. The number of carbonyl (C=O) groups excluding carboxylic acids is 1. The molecule has 0 aliphatic carbocycles. The van der Waals surface area contributed by atoms with Gasteiger partial charge in [0.25, 0.3) is 0 Å². The molecule has 0 unspecified atom stereocenters. The van der Waals surface area contributed by atoms with Crippen LogP contribution in [0.2, 0.25) is 0 Å². The maximum absolute atomic E-state index is 12.5. The quantitative estimate of drug-likeness (QED) is 0.750. The van der Waals surface area contributed by atoms with Gasteiger partial charge in [0.05, 0.1) is 18.6 Å². The molecule has 0 atom stereocenters. The second-order valence-electron chi connectivity index (χ2n) is 4.79. The third-order valence-electron chi connectivity index (χ3n) is 3.99. The van der Waals surface area contributed by atoms with Crippen molar-refractivity contribution in [3.63, 3.8) is 0 Å². The Morgan fingerprint density at radius 2 is 1.94 bits per heavy atom. The van der Waals surface area contributed by atoms with Gasteiger partial charge in [0, 0.05) is 13.1 Å². The predicted molar refractivity (Wildman–Crippen MR) is 62.2 cm³/mol. The highest BCUT2D eigenvalue weighted by Crippen LogP contribution is 2.34. The molecule has 4 heteroatoms. The molecule has 4 nitrogen and oxygen atoms in total. The summed E-state index contributed by atoms with van der Waals surface area (Å²) in [6.07, 6.45) is 2.93. The van der Waals surface area contributed by atoms with Crippen molar-refractivity contribution in [3.8, 4) is 0 Å². The standard InChI is InChI=1S/C12H22N2O2/c1-2-12(3-5-13-6-4-12)11(15)14-7-9-16-10-8-14/h13H,2-10H2,1H3. The van der Waals surface area contributed by atoms with Crippen molar-refractivity contribution in [1.29, 1.82) is 0 Å². The number of hydrogen-bond donors (Lipinski definition) is 1. The smallest absolute Gasteiger partial charge is 0.229 e. The van der Waals surface area contributed by atoms with Crippen LogP contribution in [0.5, 0.6) is 0 Å². The number of morpholine rings is 1. The summed E-state index contributed by atoms with van der Waals surface area (Å²) in [7, 11) is 0. The average Bonchev–Trinajstić information content (AvgIpc) is 2.39. The van der Waals surface area contributed by atoms with Gasteiger partial charge in [0.1, 0.15) is 0 Å². The Kier molecular flexibility index (Phi) is 3.82. The van der Waals surface area contributed by atoms with E-state index in [0.717, 1.165) is 45.4 Å². The zero-order chi connectivity index (χ0) is 11.4. The van der Waals surface area contributed by atoms with Crippen LogP contribution in [0.4, 0.5) is 0 Å². The molecule has 1 N–H and O–H groups in total. The Hall–Kier alpha value is -0.610. The third-order valence-corrected chi connectivity index (χ3v) is 3.99. The lowest BCUT2D eigenvalue weighted by molar-refractivity contribution is -0.148. The van der Waals surface area contributed by atoms with Crippen LogP contribution in [0.3, 0.4) is 0 Å². The zero-order valence-corrected chi connectivity index (χ0v) is 10.1. The number of piperidine rings is 1. The van der Waals surface area contributed by atoms with Crippen molar-refractivity contribution >= 4 is 5.91 Å².